The largest absolute Gasteiger partial charge is 0.494 e. The Morgan fingerprint density at radius 2 is 1.90 bits per heavy atom. The molecule has 4 heteroatoms. The summed E-state index contributed by atoms with van der Waals surface area (Å²) in [6.07, 6.45) is 0.656. The van der Waals surface area contributed by atoms with E-state index in [-0.39, 0.29) is 18.5 Å². The maximum absolute atomic E-state index is 9.11. The second kappa shape index (κ2) is 10.0. The van der Waals surface area contributed by atoms with Gasteiger partial charge in [0.1, 0.15) is 5.75 Å². The molecule has 0 heterocycles. The van der Waals surface area contributed by atoms with E-state index in [0.717, 1.165) is 18.7 Å². The Kier molecular flexibility index (Phi) is 9.64. The number of rotatable bonds is 8. The van der Waals surface area contributed by atoms with Gasteiger partial charge in [-0.2, -0.15) is 0 Å². The fourth-order valence-electron chi connectivity index (χ4n) is 1.89. The third-order valence-electron chi connectivity index (χ3n) is 2.95. The van der Waals surface area contributed by atoms with Gasteiger partial charge in [0.05, 0.1) is 12.7 Å². The molecule has 1 unspecified atom stereocenters. The van der Waals surface area contributed by atoms with Crippen molar-refractivity contribution in [1.82, 2.24) is 5.32 Å². The average Bonchev–Trinajstić information content (AvgIpc) is 2.32. The molecule has 0 aliphatic heterocycles. The second-order valence-electron chi connectivity index (χ2n) is 5.49. The molecular formula is C16H28ClNO2. The lowest BCUT2D eigenvalue weighted by Crippen LogP contribution is -2.26. The van der Waals surface area contributed by atoms with Crippen molar-refractivity contribution < 1.29 is 9.84 Å². The van der Waals surface area contributed by atoms with Crippen LogP contribution >= 0.6 is 12.4 Å². The molecule has 1 aromatic rings. The zero-order valence-electron chi connectivity index (χ0n) is 13.0. The molecule has 3 nitrogen and oxygen atoms in total. The van der Waals surface area contributed by atoms with E-state index < -0.39 is 0 Å². The van der Waals surface area contributed by atoms with Gasteiger partial charge in [-0.3, -0.25) is 0 Å². The number of nitrogens with one attached hydrogen (secondary N) is 1. The van der Waals surface area contributed by atoms with Crippen LogP contribution in [0.4, 0.5) is 0 Å². The number of hydrogen-bond donors (Lipinski definition) is 2. The van der Waals surface area contributed by atoms with Crippen LogP contribution in [0.1, 0.15) is 44.2 Å². The minimum absolute atomic E-state index is 0. The predicted octanol–water partition coefficient (Wildman–Crippen LogP) is 3.28. The highest BCUT2D eigenvalue weighted by Gasteiger charge is 2.03. The van der Waals surface area contributed by atoms with Gasteiger partial charge in [0.25, 0.3) is 0 Å². The summed E-state index contributed by atoms with van der Waals surface area (Å²) in [5.74, 6) is 1.48. The monoisotopic (exact) mass is 301 g/mol. The molecule has 0 aliphatic carbocycles. The van der Waals surface area contributed by atoms with E-state index in [1.165, 1.54) is 11.1 Å². The van der Waals surface area contributed by atoms with Crippen molar-refractivity contribution in [3.63, 3.8) is 0 Å². The first kappa shape index (κ1) is 19.2. The fourth-order valence-corrected chi connectivity index (χ4v) is 1.89. The van der Waals surface area contributed by atoms with E-state index in [1.54, 1.807) is 6.92 Å². The molecule has 1 rings (SSSR count). The molecule has 0 aromatic heterocycles. The van der Waals surface area contributed by atoms with Gasteiger partial charge < -0.3 is 15.2 Å². The Morgan fingerprint density at radius 3 is 2.50 bits per heavy atom. The molecule has 0 radical (unpaired) electrons. The molecular weight excluding hydrogens is 274 g/mol. The summed E-state index contributed by atoms with van der Waals surface area (Å²) in [5.41, 5.74) is 2.57. The summed E-state index contributed by atoms with van der Waals surface area (Å²) in [7, 11) is 0. The Hall–Kier alpha value is -0.770. The highest BCUT2D eigenvalue weighted by molar-refractivity contribution is 5.85. The number of aryl methyl sites for hydroxylation is 1. The zero-order chi connectivity index (χ0) is 14.3. The third-order valence-corrected chi connectivity index (χ3v) is 2.95. The third kappa shape index (κ3) is 7.73. The number of ether oxygens (including phenoxy) is 1. The molecule has 0 aliphatic rings. The Morgan fingerprint density at radius 1 is 1.20 bits per heavy atom. The van der Waals surface area contributed by atoms with Crippen LogP contribution in [0.5, 0.6) is 5.75 Å². The number of aliphatic hydroxyl groups is 1. The first-order chi connectivity index (χ1) is 8.99. The molecule has 0 bridgehead atoms. The van der Waals surface area contributed by atoms with Gasteiger partial charge in [-0.05, 0) is 56.0 Å². The highest BCUT2D eigenvalue weighted by Crippen LogP contribution is 2.22. The van der Waals surface area contributed by atoms with E-state index >= 15 is 0 Å². The molecule has 0 spiro atoms. The van der Waals surface area contributed by atoms with E-state index in [9.17, 15) is 0 Å². The van der Waals surface area contributed by atoms with Crippen molar-refractivity contribution in [3.05, 3.63) is 29.3 Å². The van der Waals surface area contributed by atoms with E-state index in [1.807, 2.05) is 0 Å². The molecule has 0 saturated heterocycles. The maximum atomic E-state index is 9.11. The highest BCUT2D eigenvalue weighted by atomic mass is 35.5. The zero-order valence-corrected chi connectivity index (χ0v) is 13.8. The second-order valence-corrected chi connectivity index (χ2v) is 5.49. The Bertz CT molecular complexity index is 381. The van der Waals surface area contributed by atoms with Gasteiger partial charge >= 0.3 is 0 Å². The summed E-state index contributed by atoms with van der Waals surface area (Å²) < 4.78 is 5.78. The predicted molar refractivity (Wildman–Crippen MR) is 87.2 cm³/mol. The van der Waals surface area contributed by atoms with Crippen molar-refractivity contribution in [1.29, 1.82) is 0 Å². The van der Waals surface area contributed by atoms with Crippen molar-refractivity contribution in [2.45, 2.75) is 46.1 Å². The van der Waals surface area contributed by atoms with Gasteiger partial charge in [-0.1, -0.05) is 19.9 Å². The molecule has 116 valence electrons. The molecule has 20 heavy (non-hydrogen) atoms. The summed E-state index contributed by atoms with van der Waals surface area (Å²) in [6, 6.07) is 6.41. The summed E-state index contributed by atoms with van der Waals surface area (Å²) in [4.78, 5) is 0. The summed E-state index contributed by atoms with van der Waals surface area (Å²) in [5, 5.41) is 12.3. The van der Waals surface area contributed by atoms with Gasteiger partial charge in [-0.25, -0.2) is 0 Å². The number of benzene rings is 1. The number of hydrogen-bond acceptors (Lipinski definition) is 3. The average molecular weight is 302 g/mol. The SMILES string of the molecule is Cc1cc(OCCCNCC(C)O)cc(C(C)C)c1.Cl. The molecule has 0 amide bonds. The molecule has 1 aromatic carbocycles. The Balaban J connectivity index is 0.00000361. The topological polar surface area (TPSA) is 41.5 Å². The number of aliphatic hydroxyl groups excluding tert-OH is 1. The van der Waals surface area contributed by atoms with Crippen molar-refractivity contribution in [2.24, 2.45) is 0 Å². The van der Waals surface area contributed by atoms with Crippen LogP contribution in [0.3, 0.4) is 0 Å². The van der Waals surface area contributed by atoms with Crippen LogP contribution in [0.25, 0.3) is 0 Å². The summed E-state index contributed by atoms with van der Waals surface area (Å²) in [6.45, 7) is 10.5. The Labute approximate surface area is 129 Å². The maximum Gasteiger partial charge on any atom is 0.119 e. The van der Waals surface area contributed by atoms with Crippen LogP contribution in [-0.4, -0.2) is 30.9 Å². The van der Waals surface area contributed by atoms with Crippen LogP contribution in [0, 0.1) is 6.92 Å². The lowest BCUT2D eigenvalue weighted by atomic mass is 10.0. The van der Waals surface area contributed by atoms with Crippen molar-refractivity contribution in [3.8, 4) is 5.75 Å². The van der Waals surface area contributed by atoms with Gasteiger partial charge in [0.15, 0.2) is 0 Å². The standard InChI is InChI=1S/C16H27NO2.ClH/c1-12(2)15-8-13(3)9-16(10-15)19-7-5-6-17-11-14(4)18;/h8-10,12,14,17-18H,5-7,11H2,1-4H3;1H. The lowest BCUT2D eigenvalue weighted by Gasteiger charge is -2.12. The van der Waals surface area contributed by atoms with Crippen LogP contribution in [-0.2, 0) is 0 Å². The molecule has 2 N–H and O–H groups in total. The van der Waals surface area contributed by atoms with Crippen LogP contribution in [0.15, 0.2) is 18.2 Å². The fraction of sp³-hybridized carbons (Fsp3) is 0.625. The molecule has 0 fully saturated rings. The van der Waals surface area contributed by atoms with E-state index in [2.05, 4.69) is 44.3 Å². The van der Waals surface area contributed by atoms with Crippen molar-refractivity contribution in [2.75, 3.05) is 19.7 Å². The van der Waals surface area contributed by atoms with Gasteiger partial charge in [-0.15, -0.1) is 12.4 Å². The number of halogens is 1. The molecule has 1 atom stereocenters. The minimum Gasteiger partial charge on any atom is -0.494 e. The van der Waals surface area contributed by atoms with Gasteiger partial charge in [0.2, 0.25) is 0 Å². The van der Waals surface area contributed by atoms with E-state index in [0.29, 0.717) is 19.1 Å². The quantitative estimate of drug-likeness (QED) is 0.724. The van der Waals surface area contributed by atoms with Crippen LogP contribution < -0.4 is 10.1 Å². The first-order valence-electron chi connectivity index (χ1n) is 7.12. The lowest BCUT2D eigenvalue weighted by molar-refractivity contribution is 0.190. The van der Waals surface area contributed by atoms with E-state index in [4.69, 9.17) is 9.84 Å². The van der Waals surface area contributed by atoms with Crippen LogP contribution in [0.2, 0.25) is 0 Å². The summed E-state index contributed by atoms with van der Waals surface area (Å²) >= 11 is 0. The minimum atomic E-state index is -0.286. The molecule has 0 saturated carbocycles. The normalized spacial score (nSPS) is 12.1. The van der Waals surface area contributed by atoms with Gasteiger partial charge in [0, 0.05) is 6.54 Å². The van der Waals surface area contributed by atoms with Crippen molar-refractivity contribution >= 4 is 12.4 Å². The smallest absolute Gasteiger partial charge is 0.119 e. The first-order valence-corrected chi connectivity index (χ1v) is 7.12.